The summed E-state index contributed by atoms with van der Waals surface area (Å²) < 4.78 is 33.4. The number of nitrogens with zero attached hydrogens (tertiary/aromatic N) is 2. The van der Waals surface area contributed by atoms with Crippen molar-refractivity contribution in [2.24, 2.45) is 0 Å². The first kappa shape index (κ1) is 22.9. The number of amides is 1. The fourth-order valence-electron chi connectivity index (χ4n) is 3.46. The summed E-state index contributed by atoms with van der Waals surface area (Å²) in [7, 11) is 1.63. The van der Waals surface area contributed by atoms with Gasteiger partial charge in [0.05, 0.1) is 43.5 Å². The van der Waals surface area contributed by atoms with E-state index in [0.29, 0.717) is 11.0 Å². The molecule has 1 heterocycles. The number of hydrogen-bond donors (Lipinski definition) is 3. The number of phenolic OH excluding ortho intramolecular Hbond substituents is 1. The summed E-state index contributed by atoms with van der Waals surface area (Å²) in [5.41, 5.74) is 0.227. The summed E-state index contributed by atoms with van der Waals surface area (Å²) in [6.07, 6.45) is 0. The van der Waals surface area contributed by atoms with Crippen molar-refractivity contribution >= 4 is 27.3 Å². The third kappa shape index (κ3) is 5.66. The lowest BCUT2D eigenvalue weighted by atomic mass is 10.2. The Kier molecular flexibility index (Phi) is 6.73. The number of carbonyl (C=O) groups is 1. The molecule has 3 N–H and O–H groups in total. The molecule has 0 atom stereocenters. The minimum Gasteiger partial charge on any atom is -0.506 e. The van der Waals surface area contributed by atoms with Crippen LogP contribution in [0.1, 0.15) is 0 Å². The minimum absolute atomic E-state index is 0.0447. The highest BCUT2D eigenvalue weighted by molar-refractivity contribution is 7.92. The number of rotatable bonds is 7. The van der Waals surface area contributed by atoms with Gasteiger partial charge in [-0.3, -0.25) is 14.4 Å². The van der Waals surface area contributed by atoms with Crippen molar-refractivity contribution in [1.82, 2.24) is 4.90 Å². The van der Waals surface area contributed by atoms with Crippen molar-refractivity contribution in [3.63, 3.8) is 0 Å². The number of sulfonamides is 1. The third-order valence-electron chi connectivity index (χ3n) is 5.46. The molecule has 0 radical (unpaired) electrons. The molecule has 10 heteroatoms. The van der Waals surface area contributed by atoms with Crippen molar-refractivity contribution in [2.75, 3.05) is 64.0 Å². The molecule has 31 heavy (non-hydrogen) atoms. The molecule has 0 saturated carbocycles. The van der Waals surface area contributed by atoms with Crippen LogP contribution in [-0.2, 0) is 14.8 Å². The van der Waals surface area contributed by atoms with Gasteiger partial charge >= 0.3 is 0 Å². The second kappa shape index (κ2) is 9.13. The van der Waals surface area contributed by atoms with Crippen molar-refractivity contribution < 1.29 is 27.5 Å². The monoisotopic (exact) mass is 449 g/mol. The fraction of sp³-hybridized carbons (Fsp3) is 0.381. The van der Waals surface area contributed by atoms with E-state index in [1.54, 1.807) is 18.2 Å². The molecule has 0 bridgehead atoms. The zero-order valence-electron chi connectivity index (χ0n) is 18.0. The Balaban J connectivity index is 1.76. The van der Waals surface area contributed by atoms with Crippen LogP contribution in [0.3, 0.4) is 0 Å². The zero-order valence-corrected chi connectivity index (χ0v) is 18.8. The molecule has 0 spiro atoms. The van der Waals surface area contributed by atoms with Gasteiger partial charge in [-0.15, -0.1) is 0 Å². The Morgan fingerprint density at radius 2 is 1.81 bits per heavy atom. The summed E-state index contributed by atoms with van der Waals surface area (Å²) in [6.45, 7) is 3.87. The van der Waals surface area contributed by atoms with E-state index < -0.39 is 10.0 Å². The molecule has 1 fully saturated rings. The second-order valence-electron chi connectivity index (χ2n) is 8.06. The number of aromatic hydroxyl groups is 1. The summed E-state index contributed by atoms with van der Waals surface area (Å²) in [6, 6.07) is 10.5. The molecule has 1 aliphatic heterocycles. The molecule has 9 nitrogen and oxygen atoms in total. The average molecular weight is 450 g/mol. The molecule has 3 rings (SSSR count). The Hall–Kier alpha value is -2.82. The zero-order chi connectivity index (χ0) is 22.6. The highest BCUT2D eigenvalue weighted by Crippen LogP contribution is 2.36. The van der Waals surface area contributed by atoms with Crippen LogP contribution in [0, 0.1) is 0 Å². The van der Waals surface area contributed by atoms with E-state index in [1.807, 2.05) is 7.05 Å². The van der Waals surface area contributed by atoms with E-state index in [2.05, 4.69) is 22.0 Å². The highest BCUT2D eigenvalue weighted by atomic mass is 32.2. The smallest absolute Gasteiger partial charge is 0.279 e. The molecular formula is C21H29N4O5S+. The van der Waals surface area contributed by atoms with Gasteiger partial charge in [0, 0.05) is 25.2 Å². The number of quaternary nitrogens is 1. The lowest BCUT2D eigenvalue weighted by Crippen LogP contribution is -2.58. The van der Waals surface area contributed by atoms with Gasteiger partial charge in [-0.2, -0.15) is 0 Å². The largest absolute Gasteiger partial charge is 0.506 e. The van der Waals surface area contributed by atoms with E-state index in [0.717, 1.165) is 26.2 Å². The van der Waals surface area contributed by atoms with Gasteiger partial charge in [0.1, 0.15) is 11.5 Å². The van der Waals surface area contributed by atoms with E-state index >= 15 is 0 Å². The number of hydrogen-bond acceptors (Lipinski definition) is 6. The number of methoxy groups -OCH3 is 1. The van der Waals surface area contributed by atoms with Gasteiger partial charge in [0.25, 0.3) is 15.9 Å². The van der Waals surface area contributed by atoms with Crippen LogP contribution in [0.2, 0.25) is 0 Å². The number of piperazine rings is 1. The number of phenols is 1. The maximum Gasteiger partial charge on any atom is 0.279 e. The molecular weight excluding hydrogens is 420 g/mol. The first-order chi connectivity index (χ1) is 14.6. The van der Waals surface area contributed by atoms with E-state index in [4.69, 9.17) is 4.74 Å². The summed E-state index contributed by atoms with van der Waals surface area (Å²) >= 11 is 0. The number of nitrogens with one attached hydrogen (secondary N) is 2. The van der Waals surface area contributed by atoms with E-state index in [1.165, 1.54) is 31.4 Å². The van der Waals surface area contributed by atoms with Crippen molar-refractivity contribution in [1.29, 1.82) is 0 Å². The van der Waals surface area contributed by atoms with E-state index in [9.17, 15) is 18.3 Å². The SMILES string of the molecule is COc1cc(NS(=O)(=O)c2ccccc2)c(O)cc1NC(=O)C[N+]1(C)CCN(C)CC1. The Bertz CT molecular complexity index is 1040. The Labute approximate surface area is 182 Å². The molecule has 1 saturated heterocycles. The lowest BCUT2D eigenvalue weighted by molar-refractivity contribution is -0.905. The molecule has 1 amide bonds. The molecule has 0 unspecified atom stereocenters. The second-order valence-corrected chi connectivity index (χ2v) is 9.75. The quantitative estimate of drug-likeness (QED) is 0.437. The molecule has 2 aromatic rings. The van der Waals surface area contributed by atoms with Gasteiger partial charge in [0.15, 0.2) is 6.54 Å². The number of carbonyl (C=O) groups excluding carboxylic acids is 1. The Morgan fingerprint density at radius 1 is 1.16 bits per heavy atom. The first-order valence-corrected chi connectivity index (χ1v) is 11.4. The van der Waals surface area contributed by atoms with Crippen LogP contribution < -0.4 is 14.8 Å². The number of ether oxygens (including phenoxy) is 1. The Morgan fingerprint density at radius 3 is 2.42 bits per heavy atom. The van der Waals surface area contributed by atoms with Gasteiger partial charge < -0.3 is 19.6 Å². The summed E-state index contributed by atoms with van der Waals surface area (Å²) in [5, 5.41) is 13.2. The van der Waals surface area contributed by atoms with Crippen molar-refractivity contribution in [2.45, 2.75) is 4.90 Å². The van der Waals surface area contributed by atoms with Crippen LogP contribution in [0.4, 0.5) is 11.4 Å². The van der Waals surface area contributed by atoms with Crippen LogP contribution >= 0.6 is 0 Å². The molecule has 0 aromatic heterocycles. The van der Waals surface area contributed by atoms with Crippen molar-refractivity contribution in [3.8, 4) is 11.5 Å². The van der Waals surface area contributed by atoms with Crippen LogP contribution in [0.25, 0.3) is 0 Å². The maximum atomic E-state index is 12.7. The average Bonchev–Trinajstić information content (AvgIpc) is 2.73. The van der Waals surface area contributed by atoms with Gasteiger partial charge in [0.2, 0.25) is 0 Å². The lowest BCUT2D eigenvalue weighted by Gasteiger charge is -2.40. The van der Waals surface area contributed by atoms with Gasteiger partial charge in [-0.1, -0.05) is 18.2 Å². The predicted molar refractivity (Wildman–Crippen MR) is 119 cm³/mol. The van der Waals surface area contributed by atoms with Crippen LogP contribution in [0.5, 0.6) is 11.5 Å². The maximum absolute atomic E-state index is 12.7. The minimum atomic E-state index is -3.89. The normalized spacial score (nSPS) is 16.5. The first-order valence-electron chi connectivity index (χ1n) is 9.93. The number of anilines is 2. The standard InChI is InChI=1S/C21H28N4O5S/c1-24-9-11-25(2,12-10-24)15-21(27)22-18-13-19(26)17(14-20(18)30-3)23-31(28,29)16-7-5-4-6-8-16/h4-8,13-14,23H,9-12,15H2,1-3H3,(H-,22,26,27)/p+1. The molecule has 1 aliphatic rings. The number of likely N-dealkylation sites (N-methyl/N-ethyl adjacent to an activating group) is 2. The molecule has 0 aliphatic carbocycles. The van der Waals surface area contributed by atoms with Crippen LogP contribution in [0.15, 0.2) is 47.4 Å². The third-order valence-corrected chi connectivity index (χ3v) is 6.84. The van der Waals surface area contributed by atoms with E-state index in [-0.39, 0.29) is 33.7 Å². The van der Waals surface area contributed by atoms with Gasteiger partial charge in [-0.05, 0) is 19.2 Å². The summed E-state index contributed by atoms with van der Waals surface area (Å²) in [4.78, 5) is 15.0. The molecule has 168 valence electrons. The molecule has 2 aromatic carbocycles. The number of benzene rings is 2. The van der Waals surface area contributed by atoms with Crippen LogP contribution in [-0.4, -0.2) is 82.7 Å². The topological polar surface area (TPSA) is 108 Å². The summed E-state index contributed by atoms with van der Waals surface area (Å²) in [5.74, 6) is -0.295. The fourth-order valence-corrected chi connectivity index (χ4v) is 4.55. The predicted octanol–water partition coefficient (Wildman–Crippen LogP) is 1.53. The van der Waals surface area contributed by atoms with Crippen molar-refractivity contribution in [3.05, 3.63) is 42.5 Å². The van der Waals surface area contributed by atoms with Gasteiger partial charge in [-0.25, -0.2) is 8.42 Å². The highest BCUT2D eigenvalue weighted by Gasteiger charge is 2.30.